The molecule has 26 heavy (non-hydrogen) atoms. The van der Waals surface area contributed by atoms with Crippen molar-refractivity contribution < 1.29 is 17.9 Å². The van der Waals surface area contributed by atoms with Crippen molar-refractivity contribution in [3.05, 3.63) is 36.5 Å². The highest BCUT2D eigenvalue weighted by Gasteiger charge is 2.20. The van der Waals surface area contributed by atoms with E-state index in [9.17, 15) is 8.42 Å². The Kier molecular flexibility index (Phi) is 6.64. The Hall–Kier alpha value is -2.52. The number of rotatable bonds is 9. The molecule has 0 aliphatic heterocycles. The molecular weight excluding hydrogens is 356 g/mol. The van der Waals surface area contributed by atoms with Crippen LogP contribution in [-0.4, -0.2) is 59.7 Å². The predicted molar refractivity (Wildman–Crippen MR) is 102 cm³/mol. The molecule has 2 N–H and O–H groups in total. The fraction of sp³-hybridized carbons (Fsp3) is 0.353. The van der Waals surface area contributed by atoms with Gasteiger partial charge in [-0.05, 0) is 38.4 Å². The molecule has 142 valence electrons. The number of ether oxygens (including phenoxy) is 2. The molecule has 1 aromatic carbocycles. The Bertz CT molecular complexity index is 823. The highest BCUT2D eigenvalue weighted by atomic mass is 32.2. The molecule has 0 aliphatic rings. The lowest BCUT2D eigenvalue weighted by Crippen LogP contribution is -2.20. The lowest BCUT2D eigenvalue weighted by Gasteiger charge is -2.13. The summed E-state index contributed by atoms with van der Waals surface area (Å²) in [4.78, 5) is 6.22. The fourth-order valence-corrected chi connectivity index (χ4v) is 3.33. The monoisotopic (exact) mass is 380 g/mol. The van der Waals surface area contributed by atoms with E-state index in [1.54, 1.807) is 24.4 Å². The van der Waals surface area contributed by atoms with E-state index in [0.29, 0.717) is 5.75 Å². The molecule has 0 atom stereocenters. The summed E-state index contributed by atoms with van der Waals surface area (Å²) in [5.41, 5.74) is 0.817. The maximum atomic E-state index is 12.6. The van der Waals surface area contributed by atoms with Crippen LogP contribution < -0.4 is 19.5 Å². The first-order valence-electron chi connectivity index (χ1n) is 7.95. The van der Waals surface area contributed by atoms with Gasteiger partial charge in [-0.2, -0.15) is 0 Å². The number of hydrogen-bond donors (Lipinski definition) is 2. The standard InChI is InChI=1S/C17H24N4O4S/c1-21(2)10-9-18-13-5-8-17(19-12-13)20-26(22,23)16-7-6-14(24-3)11-15(16)25-4/h5-8,11-12,18H,9-10H2,1-4H3,(H,19,20). The molecular formula is C17H24N4O4S. The third-order valence-electron chi connectivity index (χ3n) is 3.55. The quantitative estimate of drug-likeness (QED) is 0.686. The number of benzene rings is 1. The Morgan fingerprint density at radius 2 is 1.88 bits per heavy atom. The van der Waals surface area contributed by atoms with Crippen LogP contribution in [-0.2, 0) is 10.0 Å². The van der Waals surface area contributed by atoms with Crippen LogP contribution in [0.2, 0.25) is 0 Å². The first-order valence-corrected chi connectivity index (χ1v) is 9.43. The summed E-state index contributed by atoms with van der Waals surface area (Å²) in [6.45, 7) is 1.65. The number of aromatic nitrogens is 1. The predicted octanol–water partition coefficient (Wildman–Crippen LogP) is 1.87. The molecule has 0 radical (unpaired) electrons. The smallest absolute Gasteiger partial charge is 0.266 e. The second-order valence-electron chi connectivity index (χ2n) is 5.78. The Morgan fingerprint density at radius 1 is 1.12 bits per heavy atom. The van der Waals surface area contributed by atoms with Crippen molar-refractivity contribution in [3.63, 3.8) is 0 Å². The van der Waals surface area contributed by atoms with Gasteiger partial charge in [-0.1, -0.05) is 0 Å². The first kappa shape index (κ1) is 19.8. The molecule has 1 aromatic heterocycles. The number of hydrogen-bond acceptors (Lipinski definition) is 7. The van der Waals surface area contributed by atoms with Gasteiger partial charge in [-0.25, -0.2) is 13.4 Å². The second kappa shape index (κ2) is 8.72. The normalized spacial score (nSPS) is 11.3. The van der Waals surface area contributed by atoms with Gasteiger partial charge in [-0.15, -0.1) is 0 Å². The number of nitrogens with zero attached hydrogens (tertiary/aromatic N) is 2. The van der Waals surface area contributed by atoms with Crippen LogP contribution in [0, 0.1) is 0 Å². The number of methoxy groups -OCH3 is 2. The lowest BCUT2D eigenvalue weighted by molar-refractivity contribution is 0.386. The summed E-state index contributed by atoms with van der Waals surface area (Å²) in [5, 5.41) is 3.21. The molecule has 0 unspecified atom stereocenters. The summed E-state index contributed by atoms with van der Waals surface area (Å²) >= 11 is 0. The van der Waals surface area contributed by atoms with Crippen molar-refractivity contribution in [1.29, 1.82) is 0 Å². The third kappa shape index (κ3) is 5.24. The van der Waals surface area contributed by atoms with E-state index in [4.69, 9.17) is 9.47 Å². The molecule has 1 heterocycles. The Balaban J connectivity index is 2.12. The van der Waals surface area contributed by atoms with Crippen molar-refractivity contribution in [3.8, 4) is 11.5 Å². The van der Waals surface area contributed by atoms with Gasteiger partial charge in [0.05, 0.1) is 26.1 Å². The SMILES string of the molecule is COc1ccc(S(=O)(=O)Nc2ccc(NCCN(C)C)cn2)c(OC)c1. The van der Waals surface area contributed by atoms with Crippen molar-refractivity contribution in [2.24, 2.45) is 0 Å². The molecule has 0 spiro atoms. The van der Waals surface area contributed by atoms with E-state index < -0.39 is 10.0 Å². The van der Waals surface area contributed by atoms with Gasteiger partial charge in [-0.3, -0.25) is 4.72 Å². The Labute approximate surface area is 154 Å². The molecule has 8 nitrogen and oxygen atoms in total. The zero-order valence-corrected chi connectivity index (χ0v) is 16.1. The summed E-state index contributed by atoms with van der Waals surface area (Å²) in [7, 11) is 3.04. The maximum Gasteiger partial charge on any atom is 0.266 e. The minimum absolute atomic E-state index is 0.00999. The van der Waals surface area contributed by atoms with Gasteiger partial charge in [0.1, 0.15) is 22.2 Å². The summed E-state index contributed by atoms with van der Waals surface area (Å²) in [6.07, 6.45) is 1.58. The van der Waals surface area contributed by atoms with Crippen molar-refractivity contribution >= 4 is 21.5 Å². The maximum absolute atomic E-state index is 12.6. The zero-order chi connectivity index (χ0) is 19.2. The van der Waals surface area contributed by atoms with E-state index in [1.165, 1.54) is 26.4 Å². The van der Waals surface area contributed by atoms with Crippen molar-refractivity contribution in [2.75, 3.05) is 51.4 Å². The van der Waals surface area contributed by atoms with Crippen molar-refractivity contribution in [2.45, 2.75) is 4.90 Å². The van der Waals surface area contributed by atoms with Gasteiger partial charge in [0.25, 0.3) is 10.0 Å². The number of nitrogens with one attached hydrogen (secondary N) is 2. The lowest BCUT2D eigenvalue weighted by atomic mass is 10.3. The van der Waals surface area contributed by atoms with Crippen LogP contribution in [0.3, 0.4) is 0 Å². The van der Waals surface area contributed by atoms with Gasteiger partial charge in [0.2, 0.25) is 0 Å². The molecule has 0 aliphatic carbocycles. The number of anilines is 2. The minimum Gasteiger partial charge on any atom is -0.497 e. The van der Waals surface area contributed by atoms with Crippen LogP contribution in [0.25, 0.3) is 0 Å². The van der Waals surface area contributed by atoms with Crippen LogP contribution in [0.4, 0.5) is 11.5 Å². The highest BCUT2D eigenvalue weighted by Crippen LogP contribution is 2.29. The number of pyridine rings is 1. The minimum atomic E-state index is -3.84. The van der Waals surface area contributed by atoms with Crippen LogP contribution in [0.1, 0.15) is 0 Å². The van der Waals surface area contributed by atoms with Gasteiger partial charge in [0, 0.05) is 19.2 Å². The topological polar surface area (TPSA) is 92.8 Å². The molecule has 2 aromatic rings. The summed E-state index contributed by atoms with van der Waals surface area (Å²) < 4.78 is 37.9. The van der Waals surface area contributed by atoms with Gasteiger partial charge in [0.15, 0.2) is 0 Å². The van der Waals surface area contributed by atoms with Crippen molar-refractivity contribution in [1.82, 2.24) is 9.88 Å². The number of likely N-dealkylation sites (N-methyl/N-ethyl adjacent to an activating group) is 1. The molecule has 0 amide bonds. The first-order chi connectivity index (χ1) is 12.4. The average molecular weight is 380 g/mol. The van der Waals surface area contributed by atoms with E-state index in [0.717, 1.165) is 18.8 Å². The molecule has 0 saturated carbocycles. The van der Waals surface area contributed by atoms with Crippen LogP contribution >= 0.6 is 0 Å². The van der Waals surface area contributed by atoms with E-state index in [1.807, 2.05) is 14.1 Å². The van der Waals surface area contributed by atoms with E-state index >= 15 is 0 Å². The average Bonchev–Trinajstić information content (AvgIpc) is 2.62. The number of sulfonamides is 1. The van der Waals surface area contributed by atoms with Gasteiger partial charge < -0.3 is 19.7 Å². The van der Waals surface area contributed by atoms with Crippen LogP contribution in [0.5, 0.6) is 11.5 Å². The molecule has 0 fully saturated rings. The summed E-state index contributed by atoms with van der Waals surface area (Å²) in [5.74, 6) is 0.923. The van der Waals surface area contributed by atoms with Gasteiger partial charge >= 0.3 is 0 Å². The third-order valence-corrected chi connectivity index (χ3v) is 4.95. The Morgan fingerprint density at radius 3 is 2.46 bits per heavy atom. The molecule has 2 rings (SSSR count). The van der Waals surface area contributed by atoms with E-state index in [2.05, 4.69) is 19.9 Å². The zero-order valence-electron chi connectivity index (χ0n) is 15.3. The molecule has 9 heteroatoms. The van der Waals surface area contributed by atoms with Crippen LogP contribution in [0.15, 0.2) is 41.4 Å². The van der Waals surface area contributed by atoms with E-state index in [-0.39, 0.29) is 16.5 Å². The second-order valence-corrected chi connectivity index (χ2v) is 7.44. The molecule has 0 bridgehead atoms. The highest BCUT2D eigenvalue weighted by molar-refractivity contribution is 7.92. The fourth-order valence-electron chi connectivity index (χ4n) is 2.17. The largest absolute Gasteiger partial charge is 0.497 e. The summed E-state index contributed by atoms with van der Waals surface area (Å²) in [6, 6.07) is 7.87. The molecule has 0 saturated heterocycles.